The summed E-state index contributed by atoms with van der Waals surface area (Å²) in [5.74, 6) is 1.91. The lowest BCUT2D eigenvalue weighted by atomic mass is 10.00. The summed E-state index contributed by atoms with van der Waals surface area (Å²) in [6.07, 6.45) is 4.33. The molecule has 2 aromatic rings. The number of rotatable bonds is 1. The molecule has 0 unspecified atom stereocenters. The summed E-state index contributed by atoms with van der Waals surface area (Å²) in [6.45, 7) is 8.94. The first-order valence-electron chi connectivity index (χ1n) is 6.62. The van der Waals surface area contributed by atoms with Crippen LogP contribution in [-0.4, -0.2) is 23.1 Å². The summed E-state index contributed by atoms with van der Waals surface area (Å²) in [5.41, 5.74) is 1.35. The summed E-state index contributed by atoms with van der Waals surface area (Å²) in [6, 6.07) is 0. The fourth-order valence-corrected chi connectivity index (χ4v) is 3.78. The van der Waals surface area contributed by atoms with Crippen LogP contribution >= 0.6 is 11.3 Å². The second kappa shape index (κ2) is 4.50. The van der Waals surface area contributed by atoms with Crippen LogP contribution in [0.3, 0.4) is 0 Å². The fourth-order valence-electron chi connectivity index (χ4n) is 2.79. The zero-order chi connectivity index (χ0) is 12.7. The van der Waals surface area contributed by atoms with E-state index in [0.717, 1.165) is 29.7 Å². The number of hydrogen-bond acceptors (Lipinski definition) is 4. The van der Waals surface area contributed by atoms with E-state index in [1.165, 1.54) is 28.7 Å². The molecule has 96 valence electrons. The largest absolute Gasteiger partial charge is 0.356 e. The van der Waals surface area contributed by atoms with E-state index in [-0.39, 0.29) is 0 Å². The van der Waals surface area contributed by atoms with Crippen molar-refractivity contribution in [2.75, 3.05) is 18.0 Å². The predicted molar refractivity (Wildman–Crippen MR) is 77.5 cm³/mol. The average Bonchev–Trinajstić information content (AvgIpc) is 2.65. The van der Waals surface area contributed by atoms with Crippen LogP contribution in [-0.2, 0) is 0 Å². The normalized spacial score (nSPS) is 20.6. The molecule has 1 aliphatic rings. The molecular weight excluding hydrogens is 242 g/mol. The average molecular weight is 261 g/mol. The Hall–Kier alpha value is -1.16. The van der Waals surface area contributed by atoms with Gasteiger partial charge in [0.05, 0.1) is 5.39 Å². The number of hydrogen-bond donors (Lipinski definition) is 0. The second-order valence-electron chi connectivity index (χ2n) is 5.35. The van der Waals surface area contributed by atoms with Crippen LogP contribution in [0.15, 0.2) is 6.33 Å². The molecule has 3 heterocycles. The van der Waals surface area contributed by atoms with Crippen LogP contribution in [0.1, 0.15) is 30.2 Å². The molecule has 0 bridgehead atoms. The highest BCUT2D eigenvalue weighted by atomic mass is 32.1. The Bertz CT molecular complexity index is 576. The van der Waals surface area contributed by atoms with Crippen LogP contribution in [0.4, 0.5) is 5.82 Å². The lowest BCUT2D eigenvalue weighted by Crippen LogP contribution is -2.35. The SMILES string of the molecule is Cc1sc2ncnc(N3CCC[C@@H](C)C3)c2c1C. The number of nitrogens with zero attached hydrogens (tertiary/aromatic N) is 3. The minimum atomic E-state index is 0.767. The first-order chi connectivity index (χ1) is 8.66. The van der Waals surface area contributed by atoms with Gasteiger partial charge in [-0.3, -0.25) is 0 Å². The fraction of sp³-hybridized carbons (Fsp3) is 0.571. The summed E-state index contributed by atoms with van der Waals surface area (Å²) in [5, 5.41) is 1.27. The van der Waals surface area contributed by atoms with E-state index in [1.54, 1.807) is 17.7 Å². The lowest BCUT2D eigenvalue weighted by Gasteiger charge is -2.32. The van der Waals surface area contributed by atoms with Crippen molar-refractivity contribution in [3.63, 3.8) is 0 Å². The summed E-state index contributed by atoms with van der Waals surface area (Å²) in [7, 11) is 0. The number of aromatic nitrogens is 2. The van der Waals surface area contributed by atoms with Crippen LogP contribution in [0.25, 0.3) is 10.2 Å². The molecule has 3 rings (SSSR count). The maximum Gasteiger partial charge on any atom is 0.141 e. The first kappa shape index (κ1) is 11.9. The molecular formula is C14H19N3S. The second-order valence-corrected chi connectivity index (χ2v) is 6.56. The van der Waals surface area contributed by atoms with E-state index < -0.39 is 0 Å². The quantitative estimate of drug-likeness (QED) is 0.786. The molecule has 3 nitrogen and oxygen atoms in total. The smallest absolute Gasteiger partial charge is 0.141 e. The highest BCUT2D eigenvalue weighted by molar-refractivity contribution is 7.18. The highest BCUT2D eigenvalue weighted by Gasteiger charge is 2.21. The Morgan fingerprint density at radius 3 is 2.94 bits per heavy atom. The number of piperidine rings is 1. The molecule has 0 aromatic carbocycles. The summed E-state index contributed by atoms with van der Waals surface area (Å²) >= 11 is 1.78. The summed E-state index contributed by atoms with van der Waals surface area (Å²) in [4.78, 5) is 13.9. The van der Waals surface area contributed by atoms with Crippen molar-refractivity contribution in [1.29, 1.82) is 0 Å². The van der Waals surface area contributed by atoms with Gasteiger partial charge in [0.2, 0.25) is 0 Å². The van der Waals surface area contributed by atoms with Crippen LogP contribution < -0.4 is 4.90 Å². The summed E-state index contributed by atoms with van der Waals surface area (Å²) < 4.78 is 0. The van der Waals surface area contributed by atoms with Gasteiger partial charge in [-0.1, -0.05) is 6.92 Å². The standard InChI is InChI=1S/C14H19N3S/c1-9-5-4-6-17(7-9)13-12-10(2)11(3)18-14(12)16-8-15-13/h8-9H,4-7H2,1-3H3/t9-/m1/s1. The lowest BCUT2D eigenvalue weighted by molar-refractivity contribution is 0.445. The first-order valence-corrected chi connectivity index (χ1v) is 7.44. The van der Waals surface area contributed by atoms with Crippen molar-refractivity contribution < 1.29 is 0 Å². The van der Waals surface area contributed by atoms with Gasteiger partial charge in [-0.05, 0) is 38.2 Å². The van der Waals surface area contributed by atoms with Gasteiger partial charge in [-0.2, -0.15) is 0 Å². The van der Waals surface area contributed by atoms with E-state index in [0.29, 0.717) is 0 Å². The molecule has 0 amide bonds. The van der Waals surface area contributed by atoms with Gasteiger partial charge in [0, 0.05) is 18.0 Å². The third-order valence-corrected chi connectivity index (χ3v) is 5.02. The van der Waals surface area contributed by atoms with Gasteiger partial charge in [-0.25, -0.2) is 9.97 Å². The Balaban J connectivity index is 2.10. The van der Waals surface area contributed by atoms with Crippen LogP contribution in [0.2, 0.25) is 0 Å². The van der Waals surface area contributed by atoms with Crippen molar-refractivity contribution in [1.82, 2.24) is 9.97 Å². The van der Waals surface area contributed by atoms with Crippen molar-refractivity contribution >= 4 is 27.4 Å². The van der Waals surface area contributed by atoms with Gasteiger partial charge >= 0.3 is 0 Å². The highest BCUT2D eigenvalue weighted by Crippen LogP contribution is 2.35. The number of fused-ring (bicyclic) bond motifs is 1. The molecule has 4 heteroatoms. The van der Waals surface area contributed by atoms with Crippen LogP contribution in [0.5, 0.6) is 0 Å². The molecule has 0 saturated carbocycles. The minimum absolute atomic E-state index is 0.767. The molecule has 1 fully saturated rings. The maximum atomic E-state index is 4.56. The van der Waals surface area contributed by atoms with Crippen molar-refractivity contribution in [2.45, 2.75) is 33.6 Å². The van der Waals surface area contributed by atoms with E-state index >= 15 is 0 Å². The zero-order valence-corrected chi connectivity index (χ0v) is 12.0. The third kappa shape index (κ3) is 1.88. The Kier molecular flexibility index (Phi) is 2.98. The third-order valence-electron chi connectivity index (χ3n) is 3.90. The van der Waals surface area contributed by atoms with Gasteiger partial charge in [0.15, 0.2) is 0 Å². The van der Waals surface area contributed by atoms with Gasteiger partial charge in [0.1, 0.15) is 17.0 Å². The van der Waals surface area contributed by atoms with Gasteiger partial charge in [-0.15, -0.1) is 11.3 Å². The molecule has 0 N–H and O–H groups in total. The zero-order valence-electron chi connectivity index (χ0n) is 11.2. The Labute approximate surface area is 112 Å². The monoisotopic (exact) mass is 261 g/mol. The van der Waals surface area contributed by atoms with E-state index in [9.17, 15) is 0 Å². The maximum absolute atomic E-state index is 4.56. The molecule has 2 aromatic heterocycles. The van der Waals surface area contributed by atoms with E-state index in [2.05, 4.69) is 35.6 Å². The van der Waals surface area contributed by atoms with Gasteiger partial charge < -0.3 is 4.90 Å². The molecule has 0 aliphatic carbocycles. The van der Waals surface area contributed by atoms with Crippen LogP contribution in [0, 0.1) is 19.8 Å². The molecule has 1 aliphatic heterocycles. The van der Waals surface area contributed by atoms with Gasteiger partial charge in [0.25, 0.3) is 0 Å². The van der Waals surface area contributed by atoms with E-state index in [4.69, 9.17) is 0 Å². The van der Waals surface area contributed by atoms with Crippen molar-refractivity contribution in [3.05, 3.63) is 16.8 Å². The molecule has 0 spiro atoms. The molecule has 18 heavy (non-hydrogen) atoms. The topological polar surface area (TPSA) is 29.0 Å². The van der Waals surface area contributed by atoms with Crippen molar-refractivity contribution in [3.8, 4) is 0 Å². The molecule has 1 saturated heterocycles. The number of anilines is 1. The predicted octanol–water partition coefficient (Wildman–Crippen LogP) is 3.54. The Morgan fingerprint density at radius 2 is 2.17 bits per heavy atom. The Morgan fingerprint density at radius 1 is 1.33 bits per heavy atom. The minimum Gasteiger partial charge on any atom is -0.356 e. The number of thiophene rings is 1. The van der Waals surface area contributed by atoms with Crippen molar-refractivity contribution in [2.24, 2.45) is 5.92 Å². The molecule has 1 atom stereocenters. The van der Waals surface area contributed by atoms with E-state index in [1.807, 2.05) is 0 Å². The molecule has 0 radical (unpaired) electrons. The number of aryl methyl sites for hydroxylation is 2.